The summed E-state index contributed by atoms with van der Waals surface area (Å²) in [6.07, 6.45) is 8.27. The van der Waals surface area contributed by atoms with Gasteiger partial charge in [0.1, 0.15) is 12.4 Å². The fourth-order valence-electron chi connectivity index (χ4n) is 3.26. The van der Waals surface area contributed by atoms with E-state index < -0.39 is 0 Å². The summed E-state index contributed by atoms with van der Waals surface area (Å²) in [4.78, 5) is 14.8. The molecule has 1 aromatic rings. The molecule has 2 aliphatic heterocycles. The summed E-state index contributed by atoms with van der Waals surface area (Å²) in [5, 5.41) is 3.03. The van der Waals surface area contributed by atoms with Crippen molar-refractivity contribution in [2.24, 2.45) is 0 Å². The molecule has 4 nitrogen and oxygen atoms in total. The zero-order valence-electron chi connectivity index (χ0n) is 14.0. The second-order valence-electron chi connectivity index (χ2n) is 6.51. The van der Waals surface area contributed by atoms with Crippen LogP contribution in [-0.4, -0.2) is 43.6 Å². The summed E-state index contributed by atoms with van der Waals surface area (Å²) in [7, 11) is 0. The van der Waals surface area contributed by atoms with E-state index in [1.165, 1.54) is 38.8 Å². The first-order valence-corrected chi connectivity index (χ1v) is 9.65. The molecule has 130 valence electrons. The number of nitrogens with zero attached hydrogens (tertiary/aromatic N) is 1. The van der Waals surface area contributed by atoms with Crippen molar-refractivity contribution in [3.63, 3.8) is 0 Å². The Morgan fingerprint density at radius 2 is 2.00 bits per heavy atom. The van der Waals surface area contributed by atoms with Gasteiger partial charge in [0.25, 0.3) is 5.91 Å². The number of likely N-dealkylation sites (tertiary alicyclic amines) is 1. The van der Waals surface area contributed by atoms with Gasteiger partial charge in [0.2, 0.25) is 0 Å². The topological polar surface area (TPSA) is 41.6 Å². The van der Waals surface area contributed by atoms with E-state index in [4.69, 9.17) is 4.74 Å². The maximum absolute atomic E-state index is 12.3. The van der Waals surface area contributed by atoms with Crippen LogP contribution in [0.2, 0.25) is 0 Å². The van der Waals surface area contributed by atoms with E-state index >= 15 is 0 Å². The normalized spacial score (nSPS) is 18.1. The van der Waals surface area contributed by atoms with E-state index in [2.05, 4.69) is 26.1 Å². The maximum Gasteiger partial charge on any atom is 0.250 e. The molecule has 1 fully saturated rings. The molecule has 0 unspecified atom stereocenters. The third-order valence-electron chi connectivity index (χ3n) is 4.61. The van der Waals surface area contributed by atoms with Gasteiger partial charge in [-0.05, 0) is 63.2 Å². The van der Waals surface area contributed by atoms with Crippen LogP contribution >= 0.6 is 15.9 Å². The molecule has 0 saturated carbocycles. The minimum atomic E-state index is -0.0171. The zero-order chi connectivity index (χ0) is 16.8. The fourth-order valence-corrected chi connectivity index (χ4v) is 3.64. The van der Waals surface area contributed by atoms with Crippen molar-refractivity contribution in [2.45, 2.75) is 32.1 Å². The largest absolute Gasteiger partial charge is 0.488 e. The molecule has 0 atom stereocenters. The van der Waals surface area contributed by atoms with Crippen molar-refractivity contribution < 1.29 is 9.53 Å². The van der Waals surface area contributed by atoms with Crippen molar-refractivity contribution in [1.29, 1.82) is 0 Å². The molecule has 1 amide bonds. The summed E-state index contributed by atoms with van der Waals surface area (Å²) in [6, 6.07) is 5.84. The van der Waals surface area contributed by atoms with E-state index in [-0.39, 0.29) is 5.91 Å². The number of rotatable bonds is 5. The van der Waals surface area contributed by atoms with Crippen LogP contribution in [0.1, 0.15) is 37.7 Å². The van der Waals surface area contributed by atoms with Gasteiger partial charge in [-0.2, -0.15) is 0 Å². The third-order valence-corrected chi connectivity index (χ3v) is 5.11. The maximum atomic E-state index is 12.3. The monoisotopic (exact) mass is 392 g/mol. The Morgan fingerprint density at radius 3 is 2.79 bits per heavy atom. The second kappa shape index (κ2) is 8.67. The molecule has 2 aliphatic rings. The van der Waals surface area contributed by atoms with E-state index in [0.29, 0.717) is 12.2 Å². The number of hydrogen-bond donors (Lipinski definition) is 1. The number of nitrogens with one attached hydrogen (secondary N) is 1. The lowest BCUT2D eigenvalue weighted by Crippen LogP contribution is -2.32. The molecular formula is C19H25BrN2O2. The van der Waals surface area contributed by atoms with Gasteiger partial charge in [0.05, 0.1) is 5.57 Å². The van der Waals surface area contributed by atoms with Crippen LogP contribution in [0.25, 0.3) is 6.08 Å². The highest BCUT2D eigenvalue weighted by atomic mass is 79.9. The number of amides is 1. The van der Waals surface area contributed by atoms with Gasteiger partial charge >= 0.3 is 0 Å². The Kier molecular flexibility index (Phi) is 6.32. The van der Waals surface area contributed by atoms with E-state index in [1.807, 2.05) is 24.3 Å². The molecule has 1 N–H and O–H groups in total. The average molecular weight is 393 g/mol. The number of ether oxygens (including phenoxy) is 1. The van der Waals surface area contributed by atoms with E-state index in [1.54, 1.807) is 0 Å². The molecule has 24 heavy (non-hydrogen) atoms. The van der Waals surface area contributed by atoms with Gasteiger partial charge in [-0.1, -0.05) is 28.8 Å². The van der Waals surface area contributed by atoms with Crippen LogP contribution in [0.15, 0.2) is 28.2 Å². The van der Waals surface area contributed by atoms with Gasteiger partial charge in [0.15, 0.2) is 0 Å². The molecule has 1 aromatic carbocycles. The minimum absolute atomic E-state index is 0.0171. The molecule has 0 spiro atoms. The van der Waals surface area contributed by atoms with Gasteiger partial charge in [0, 0.05) is 16.6 Å². The Hall–Kier alpha value is -1.33. The van der Waals surface area contributed by atoms with Crippen LogP contribution in [-0.2, 0) is 4.79 Å². The number of carbonyl (C=O) groups excluding carboxylic acids is 1. The smallest absolute Gasteiger partial charge is 0.250 e. The SMILES string of the molecule is O=C(NCCCN1CCCCCC1)C1=Cc2cc(Br)ccc2OC1. The summed E-state index contributed by atoms with van der Waals surface area (Å²) < 4.78 is 6.66. The van der Waals surface area contributed by atoms with Gasteiger partial charge in [-0.25, -0.2) is 0 Å². The summed E-state index contributed by atoms with van der Waals surface area (Å²) >= 11 is 3.45. The van der Waals surface area contributed by atoms with Crippen molar-refractivity contribution in [2.75, 3.05) is 32.8 Å². The molecule has 0 bridgehead atoms. The zero-order valence-corrected chi connectivity index (χ0v) is 15.6. The predicted octanol–water partition coefficient (Wildman–Crippen LogP) is 3.61. The third kappa shape index (κ3) is 4.84. The Balaban J connectivity index is 1.45. The van der Waals surface area contributed by atoms with Crippen LogP contribution in [0, 0.1) is 0 Å². The Morgan fingerprint density at radius 1 is 1.21 bits per heavy atom. The minimum Gasteiger partial charge on any atom is -0.488 e. The highest BCUT2D eigenvalue weighted by Crippen LogP contribution is 2.29. The first-order valence-electron chi connectivity index (χ1n) is 8.86. The summed E-state index contributed by atoms with van der Waals surface area (Å²) in [5.74, 6) is 0.812. The number of hydrogen-bond acceptors (Lipinski definition) is 3. The summed E-state index contributed by atoms with van der Waals surface area (Å²) in [5.41, 5.74) is 1.64. The number of carbonyl (C=O) groups is 1. The average Bonchev–Trinajstić information content (AvgIpc) is 2.86. The summed E-state index contributed by atoms with van der Waals surface area (Å²) in [6.45, 7) is 4.55. The number of fused-ring (bicyclic) bond motifs is 1. The lowest BCUT2D eigenvalue weighted by atomic mass is 10.1. The molecular weight excluding hydrogens is 368 g/mol. The van der Waals surface area contributed by atoms with Gasteiger partial charge in [-0.15, -0.1) is 0 Å². The molecule has 0 aromatic heterocycles. The van der Waals surface area contributed by atoms with Crippen LogP contribution in [0.3, 0.4) is 0 Å². The lowest BCUT2D eigenvalue weighted by Gasteiger charge is -2.20. The Labute approximate surface area is 152 Å². The first-order chi connectivity index (χ1) is 11.7. The number of halogens is 1. The van der Waals surface area contributed by atoms with Crippen molar-refractivity contribution in [3.05, 3.63) is 33.8 Å². The highest BCUT2D eigenvalue weighted by molar-refractivity contribution is 9.10. The van der Waals surface area contributed by atoms with Crippen LogP contribution in [0.4, 0.5) is 0 Å². The Bertz CT molecular complexity index is 607. The number of benzene rings is 1. The molecule has 1 saturated heterocycles. The van der Waals surface area contributed by atoms with Gasteiger partial charge in [-0.3, -0.25) is 4.79 Å². The van der Waals surface area contributed by atoms with Gasteiger partial charge < -0.3 is 15.0 Å². The van der Waals surface area contributed by atoms with Crippen molar-refractivity contribution in [3.8, 4) is 5.75 Å². The first kappa shape index (κ1) is 17.5. The standard InChI is InChI=1S/C19H25BrN2O2/c20-17-6-7-18-15(13-17)12-16(14-24-18)19(23)21-8-5-11-22-9-3-1-2-4-10-22/h6-7,12-13H,1-5,8-11,14H2,(H,21,23). The molecule has 3 rings (SSSR count). The fraction of sp³-hybridized carbons (Fsp3) is 0.526. The lowest BCUT2D eigenvalue weighted by molar-refractivity contribution is -0.117. The van der Waals surface area contributed by atoms with Crippen molar-refractivity contribution in [1.82, 2.24) is 10.2 Å². The molecule has 0 radical (unpaired) electrons. The molecule has 5 heteroatoms. The van der Waals surface area contributed by atoms with Crippen LogP contribution < -0.4 is 10.1 Å². The van der Waals surface area contributed by atoms with E-state index in [0.717, 1.165) is 35.3 Å². The predicted molar refractivity (Wildman–Crippen MR) is 100 cm³/mol. The molecule has 2 heterocycles. The molecule has 0 aliphatic carbocycles. The van der Waals surface area contributed by atoms with Crippen molar-refractivity contribution >= 4 is 27.9 Å². The quantitative estimate of drug-likeness (QED) is 0.778. The highest BCUT2D eigenvalue weighted by Gasteiger charge is 2.17. The second-order valence-corrected chi connectivity index (χ2v) is 7.42. The van der Waals surface area contributed by atoms with E-state index in [9.17, 15) is 4.79 Å². The van der Waals surface area contributed by atoms with Crippen LogP contribution in [0.5, 0.6) is 5.75 Å².